The maximum absolute atomic E-state index is 12.0. The van der Waals surface area contributed by atoms with Crippen molar-refractivity contribution in [3.63, 3.8) is 0 Å². The Morgan fingerprint density at radius 2 is 1.82 bits per heavy atom. The van der Waals surface area contributed by atoms with E-state index in [2.05, 4.69) is 10.7 Å². The lowest BCUT2D eigenvalue weighted by Gasteiger charge is -2.31. The molecular formula is C11H21N3O3. The topological polar surface area (TPSA) is 81.7 Å². The van der Waals surface area contributed by atoms with E-state index < -0.39 is 11.5 Å². The summed E-state index contributed by atoms with van der Waals surface area (Å²) >= 11 is 0. The Bertz CT molecular complexity index is 286. The second kappa shape index (κ2) is 5.86. The standard InChI is InChI=1S/C11H21N3O3/c1-11(2,8-12-10(16)17)9(15)13-14-6-4-3-5-7-14/h12H,3-8H2,1-2H3,(H,13,15)(H,16,17). The zero-order valence-electron chi connectivity index (χ0n) is 10.5. The highest BCUT2D eigenvalue weighted by Gasteiger charge is 2.29. The average Bonchev–Trinajstić information content (AvgIpc) is 2.28. The lowest BCUT2D eigenvalue weighted by molar-refractivity contribution is -0.134. The predicted molar refractivity (Wildman–Crippen MR) is 63.4 cm³/mol. The zero-order valence-corrected chi connectivity index (χ0v) is 10.5. The minimum absolute atomic E-state index is 0.113. The van der Waals surface area contributed by atoms with Gasteiger partial charge >= 0.3 is 6.09 Å². The smallest absolute Gasteiger partial charge is 0.404 e. The summed E-state index contributed by atoms with van der Waals surface area (Å²) in [6.07, 6.45) is 2.28. The van der Waals surface area contributed by atoms with Crippen molar-refractivity contribution in [3.8, 4) is 0 Å². The van der Waals surface area contributed by atoms with Gasteiger partial charge in [-0.15, -0.1) is 0 Å². The van der Waals surface area contributed by atoms with Crippen molar-refractivity contribution in [2.24, 2.45) is 5.41 Å². The van der Waals surface area contributed by atoms with E-state index in [0.29, 0.717) is 0 Å². The summed E-state index contributed by atoms with van der Waals surface area (Å²) in [5, 5.41) is 12.7. The number of carbonyl (C=O) groups is 2. The van der Waals surface area contributed by atoms with E-state index in [-0.39, 0.29) is 12.5 Å². The highest BCUT2D eigenvalue weighted by Crippen LogP contribution is 2.15. The van der Waals surface area contributed by atoms with Gasteiger partial charge < -0.3 is 10.4 Å². The molecule has 98 valence electrons. The molecule has 0 atom stereocenters. The highest BCUT2D eigenvalue weighted by atomic mass is 16.4. The van der Waals surface area contributed by atoms with Crippen molar-refractivity contribution in [2.45, 2.75) is 33.1 Å². The molecule has 1 heterocycles. The van der Waals surface area contributed by atoms with Crippen LogP contribution < -0.4 is 10.7 Å². The van der Waals surface area contributed by atoms with Gasteiger partial charge in [0.2, 0.25) is 5.91 Å². The third-order valence-electron chi connectivity index (χ3n) is 2.91. The first-order chi connectivity index (χ1) is 7.92. The fourth-order valence-electron chi connectivity index (χ4n) is 1.68. The van der Waals surface area contributed by atoms with E-state index in [1.54, 1.807) is 13.8 Å². The average molecular weight is 243 g/mol. The summed E-state index contributed by atoms with van der Waals surface area (Å²) < 4.78 is 0. The molecule has 0 spiro atoms. The van der Waals surface area contributed by atoms with E-state index >= 15 is 0 Å². The normalized spacial score (nSPS) is 17.5. The van der Waals surface area contributed by atoms with Crippen molar-refractivity contribution in [1.82, 2.24) is 15.8 Å². The third kappa shape index (κ3) is 4.60. The van der Waals surface area contributed by atoms with Gasteiger partial charge in [0.05, 0.1) is 5.41 Å². The van der Waals surface area contributed by atoms with Gasteiger partial charge in [-0.1, -0.05) is 6.42 Å². The number of hydrogen-bond donors (Lipinski definition) is 3. The van der Waals surface area contributed by atoms with Crippen LogP contribution in [0.2, 0.25) is 0 Å². The Kier molecular flexibility index (Phi) is 4.74. The third-order valence-corrected chi connectivity index (χ3v) is 2.91. The first-order valence-electron chi connectivity index (χ1n) is 5.95. The van der Waals surface area contributed by atoms with E-state index in [1.807, 2.05) is 5.01 Å². The Morgan fingerprint density at radius 1 is 1.24 bits per heavy atom. The molecule has 1 aliphatic heterocycles. The molecule has 2 amide bonds. The highest BCUT2D eigenvalue weighted by molar-refractivity contribution is 5.82. The van der Waals surface area contributed by atoms with E-state index in [9.17, 15) is 9.59 Å². The maximum atomic E-state index is 12.0. The molecule has 0 aromatic rings. The van der Waals surface area contributed by atoms with E-state index in [4.69, 9.17) is 5.11 Å². The van der Waals surface area contributed by atoms with Crippen LogP contribution >= 0.6 is 0 Å². The fourth-order valence-corrected chi connectivity index (χ4v) is 1.68. The van der Waals surface area contributed by atoms with Gasteiger partial charge in [0.1, 0.15) is 0 Å². The first kappa shape index (κ1) is 13.8. The molecule has 1 rings (SSSR count). The largest absolute Gasteiger partial charge is 0.465 e. The number of rotatable bonds is 4. The fraction of sp³-hybridized carbons (Fsp3) is 0.818. The molecule has 0 aromatic carbocycles. The molecule has 0 unspecified atom stereocenters. The lowest BCUT2D eigenvalue weighted by atomic mass is 9.92. The van der Waals surface area contributed by atoms with Gasteiger partial charge in [-0.3, -0.25) is 10.2 Å². The van der Waals surface area contributed by atoms with Gasteiger partial charge in [0, 0.05) is 19.6 Å². The number of amides is 2. The van der Waals surface area contributed by atoms with E-state index in [1.165, 1.54) is 6.42 Å². The molecule has 1 saturated heterocycles. The van der Waals surface area contributed by atoms with Gasteiger partial charge in [0.15, 0.2) is 0 Å². The number of piperidine rings is 1. The summed E-state index contributed by atoms with van der Waals surface area (Å²) in [6, 6.07) is 0. The van der Waals surface area contributed by atoms with Crippen LogP contribution in [0.4, 0.5) is 4.79 Å². The van der Waals surface area contributed by atoms with Crippen LogP contribution in [0.1, 0.15) is 33.1 Å². The molecule has 0 saturated carbocycles. The van der Waals surface area contributed by atoms with Crippen molar-refractivity contribution in [3.05, 3.63) is 0 Å². The molecule has 17 heavy (non-hydrogen) atoms. The van der Waals surface area contributed by atoms with Crippen LogP contribution in [-0.4, -0.2) is 41.8 Å². The van der Waals surface area contributed by atoms with Crippen LogP contribution in [0.5, 0.6) is 0 Å². The molecule has 0 aliphatic carbocycles. The number of carboxylic acid groups (broad SMARTS) is 1. The Labute approximate surface area is 101 Å². The zero-order chi connectivity index (χ0) is 12.9. The van der Waals surface area contributed by atoms with Gasteiger partial charge in [-0.05, 0) is 26.7 Å². The maximum Gasteiger partial charge on any atom is 0.404 e. The van der Waals surface area contributed by atoms with E-state index in [0.717, 1.165) is 25.9 Å². The van der Waals surface area contributed by atoms with Crippen LogP contribution in [0.15, 0.2) is 0 Å². The second-order valence-electron chi connectivity index (χ2n) is 5.03. The first-order valence-corrected chi connectivity index (χ1v) is 5.95. The summed E-state index contributed by atoms with van der Waals surface area (Å²) in [5.74, 6) is -0.145. The summed E-state index contributed by atoms with van der Waals surface area (Å²) in [7, 11) is 0. The van der Waals surface area contributed by atoms with Crippen LogP contribution in [0.3, 0.4) is 0 Å². The summed E-state index contributed by atoms with van der Waals surface area (Å²) in [6.45, 7) is 5.30. The van der Waals surface area contributed by atoms with Crippen LogP contribution in [0.25, 0.3) is 0 Å². The van der Waals surface area contributed by atoms with Crippen molar-refractivity contribution in [1.29, 1.82) is 0 Å². The molecule has 1 fully saturated rings. The number of hydrogen-bond acceptors (Lipinski definition) is 3. The molecule has 0 radical (unpaired) electrons. The Balaban J connectivity index is 2.40. The Hall–Kier alpha value is -1.30. The summed E-state index contributed by atoms with van der Waals surface area (Å²) in [5.41, 5.74) is 2.10. The number of hydrazine groups is 1. The van der Waals surface area contributed by atoms with Crippen molar-refractivity contribution >= 4 is 12.0 Å². The van der Waals surface area contributed by atoms with Crippen LogP contribution in [0, 0.1) is 5.41 Å². The molecule has 0 bridgehead atoms. The van der Waals surface area contributed by atoms with Crippen molar-refractivity contribution in [2.75, 3.05) is 19.6 Å². The molecular weight excluding hydrogens is 222 g/mol. The minimum Gasteiger partial charge on any atom is -0.465 e. The molecule has 1 aliphatic rings. The number of nitrogens with zero attached hydrogens (tertiary/aromatic N) is 1. The van der Waals surface area contributed by atoms with Gasteiger partial charge in [-0.2, -0.15) is 0 Å². The number of nitrogens with one attached hydrogen (secondary N) is 2. The predicted octanol–water partition coefficient (Wildman–Crippen LogP) is 0.797. The molecule has 3 N–H and O–H groups in total. The number of carbonyl (C=O) groups excluding carboxylic acids is 1. The lowest BCUT2D eigenvalue weighted by Crippen LogP contribution is -2.52. The Morgan fingerprint density at radius 3 is 2.35 bits per heavy atom. The molecule has 0 aromatic heterocycles. The quantitative estimate of drug-likeness (QED) is 0.682. The SMILES string of the molecule is CC(C)(CNC(=O)O)C(=O)NN1CCCCC1. The monoisotopic (exact) mass is 243 g/mol. The minimum atomic E-state index is -1.11. The summed E-state index contributed by atoms with van der Waals surface area (Å²) in [4.78, 5) is 22.4. The van der Waals surface area contributed by atoms with Crippen LogP contribution in [-0.2, 0) is 4.79 Å². The van der Waals surface area contributed by atoms with Crippen molar-refractivity contribution < 1.29 is 14.7 Å². The van der Waals surface area contributed by atoms with Gasteiger partial charge in [0.25, 0.3) is 0 Å². The molecule has 6 nitrogen and oxygen atoms in total. The molecule has 6 heteroatoms. The van der Waals surface area contributed by atoms with Gasteiger partial charge in [-0.25, -0.2) is 9.80 Å². The second-order valence-corrected chi connectivity index (χ2v) is 5.03.